The molecule has 0 unspecified atom stereocenters. The van der Waals surface area contributed by atoms with E-state index < -0.39 is 0 Å². The molecule has 0 radical (unpaired) electrons. The monoisotopic (exact) mass is 422 g/mol. The third-order valence-corrected chi connectivity index (χ3v) is 6.83. The van der Waals surface area contributed by atoms with Gasteiger partial charge in [0.1, 0.15) is 5.01 Å². The molecule has 3 aliphatic rings. The Morgan fingerprint density at radius 1 is 1.34 bits per heavy atom. The van der Waals surface area contributed by atoms with Crippen molar-refractivity contribution in [1.82, 2.24) is 20.5 Å². The lowest BCUT2D eigenvalue weighted by molar-refractivity contribution is -0.124. The van der Waals surface area contributed by atoms with Crippen LogP contribution in [0.5, 0.6) is 0 Å². The fourth-order valence-corrected chi connectivity index (χ4v) is 5.24. The van der Waals surface area contributed by atoms with Gasteiger partial charge in [0, 0.05) is 56.2 Å². The average Bonchev–Trinajstić information content (AvgIpc) is 3.07. The van der Waals surface area contributed by atoms with Crippen LogP contribution >= 0.6 is 11.3 Å². The van der Waals surface area contributed by atoms with Crippen molar-refractivity contribution in [1.29, 1.82) is 0 Å². The van der Waals surface area contributed by atoms with Crippen molar-refractivity contribution in [3.05, 3.63) is 16.6 Å². The number of carbonyl (C=O) groups is 2. The summed E-state index contributed by atoms with van der Waals surface area (Å²) in [5, 5.41) is 9.06. The van der Waals surface area contributed by atoms with Crippen LogP contribution in [0.25, 0.3) is 0 Å². The largest absolute Gasteiger partial charge is 0.383 e. The zero-order chi connectivity index (χ0) is 20.2. The van der Waals surface area contributed by atoms with Crippen molar-refractivity contribution >= 4 is 23.2 Å². The van der Waals surface area contributed by atoms with Crippen LogP contribution in [-0.2, 0) is 25.6 Å². The molecule has 2 saturated heterocycles. The van der Waals surface area contributed by atoms with E-state index in [1.54, 1.807) is 18.4 Å². The van der Waals surface area contributed by atoms with Crippen LogP contribution in [0.1, 0.15) is 30.7 Å². The lowest BCUT2D eigenvalue weighted by Crippen LogP contribution is -2.36. The van der Waals surface area contributed by atoms with E-state index >= 15 is 0 Å². The average molecular weight is 423 g/mol. The molecule has 2 amide bonds. The van der Waals surface area contributed by atoms with Gasteiger partial charge in [0.15, 0.2) is 0 Å². The van der Waals surface area contributed by atoms with E-state index in [1.807, 2.05) is 11.6 Å². The third kappa shape index (κ3) is 5.33. The quantitative estimate of drug-likeness (QED) is 0.542. The Bertz CT molecular complexity index is 697. The fourth-order valence-electron chi connectivity index (χ4n) is 4.60. The number of hydrogen-bond acceptors (Lipinski definition) is 7. The minimum absolute atomic E-state index is 0.0211. The first-order valence-electron chi connectivity index (χ1n) is 10.4. The molecule has 1 aliphatic carbocycles. The van der Waals surface area contributed by atoms with Gasteiger partial charge in [-0.25, -0.2) is 4.98 Å². The van der Waals surface area contributed by atoms with Crippen molar-refractivity contribution in [3.8, 4) is 0 Å². The predicted octanol–water partition coefficient (Wildman–Crippen LogP) is 0.780. The Labute approximate surface area is 175 Å². The normalized spacial score (nSPS) is 29.0. The number of likely N-dealkylation sites (tertiary alicyclic amines) is 1. The molecule has 4 atom stereocenters. The number of nitrogens with one attached hydrogen (secondary N) is 2. The molecule has 3 fully saturated rings. The number of aromatic nitrogens is 1. The molecule has 29 heavy (non-hydrogen) atoms. The van der Waals surface area contributed by atoms with Crippen molar-refractivity contribution in [3.63, 3.8) is 0 Å². The maximum absolute atomic E-state index is 12.5. The summed E-state index contributed by atoms with van der Waals surface area (Å²) in [6.45, 7) is 3.22. The number of ether oxygens (including phenoxy) is 2. The molecule has 0 spiro atoms. The van der Waals surface area contributed by atoms with E-state index in [9.17, 15) is 9.59 Å². The van der Waals surface area contributed by atoms with E-state index in [0.29, 0.717) is 38.6 Å². The first-order chi connectivity index (χ1) is 14.1. The Kier molecular flexibility index (Phi) is 6.79. The van der Waals surface area contributed by atoms with E-state index in [1.165, 1.54) is 0 Å². The van der Waals surface area contributed by atoms with Gasteiger partial charge >= 0.3 is 0 Å². The predicted molar refractivity (Wildman–Crippen MR) is 108 cm³/mol. The summed E-state index contributed by atoms with van der Waals surface area (Å²) in [5.41, 5.74) is 0. The van der Waals surface area contributed by atoms with Crippen LogP contribution < -0.4 is 10.6 Å². The first kappa shape index (κ1) is 20.7. The zero-order valence-corrected chi connectivity index (χ0v) is 17.7. The lowest BCUT2D eigenvalue weighted by Gasteiger charge is -2.23. The van der Waals surface area contributed by atoms with E-state index in [-0.39, 0.29) is 35.8 Å². The van der Waals surface area contributed by atoms with Crippen molar-refractivity contribution < 1.29 is 19.1 Å². The molecule has 0 aromatic carbocycles. The highest BCUT2D eigenvalue weighted by molar-refractivity contribution is 7.09. The Morgan fingerprint density at radius 3 is 2.93 bits per heavy atom. The summed E-state index contributed by atoms with van der Waals surface area (Å²) in [4.78, 5) is 31.6. The molecular weight excluding hydrogens is 392 g/mol. The van der Waals surface area contributed by atoms with E-state index in [2.05, 4.69) is 20.5 Å². The molecule has 2 aliphatic heterocycles. The first-order valence-corrected chi connectivity index (χ1v) is 11.3. The number of carbonyl (C=O) groups excluding carboxylic acids is 2. The van der Waals surface area contributed by atoms with Crippen LogP contribution in [-0.4, -0.2) is 73.3 Å². The molecule has 1 aromatic rings. The topological polar surface area (TPSA) is 92.8 Å². The third-order valence-electron chi connectivity index (χ3n) is 6.06. The molecule has 4 rings (SSSR count). The number of hydrogen-bond donors (Lipinski definition) is 2. The fraction of sp³-hybridized carbons (Fsp3) is 0.750. The second kappa shape index (κ2) is 9.51. The van der Waals surface area contributed by atoms with Gasteiger partial charge in [-0.1, -0.05) is 0 Å². The van der Waals surface area contributed by atoms with E-state index in [4.69, 9.17) is 9.47 Å². The molecule has 2 N–H and O–H groups in total. The van der Waals surface area contributed by atoms with Gasteiger partial charge in [0.2, 0.25) is 11.8 Å². The molecular formula is C20H30N4O4S. The number of rotatable bonds is 10. The number of methoxy groups -OCH3 is 1. The van der Waals surface area contributed by atoms with Gasteiger partial charge < -0.3 is 20.1 Å². The molecule has 3 heterocycles. The number of fused-ring (bicyclic) bond motifs is 1. The molecule has 0 bridgehead atoms. The second-order valence-corrected chi connectivity index (χ2v) is 9.20. The summed E-state index contributed by atoms with van der Waals surface area (Å²) < 4.78 is 11.1. The lowest BCUT2D eigenvalue weighted by atomic mass is 9.84. The van der Waals surface area contributed by atoms with Crippen LogP contribution in [0.2, 0.25) is 0 Å². The molecule has 8 nitrogen and oxygen atoms in total. The van der Waals surface area contributed by atoms with E-state index in [0.717, 1.165) is 30.9 Å². The minimum Gasteiger partial charge on any atom is -0.383 e. The molecule has 9 heteroatoms. The standard InChI is InChI=1S/C20H30N4O4S/c1-27-6-4-21-17(25)9-16-20-13(8-18(26)23-14-2-3-14)10-24(15(20)12-28-16)11-19-22-5-7-29-19/h5,7,13-16,20H,2-4,6,8-12H2,1H3,(H,21,25)(H,23,26)/t13-,15-,16+,20-/m1/s1. The molecule has 160 valence electrons. The molecule has 1 saturated carbocycles. The van der Waals surface area contributed by atoms with Crippen LogP contribution in [0, 0.1) is 11.8 Å². The maximum atomic E-state index is 12.5. The maximum Gasteiger partial charge on any atom is 0.222 e. The number of nitrogens with zero attached hydrogens (tertiary/aromatic N) is 2. The zero-order valence-electron chi connectivity index (χ0n) is 16.8. The number of amides is 2. The van der Waals surface area contributed by atoms with Gasteiger partial charge in [0.05, 0.1) is 32.3 Å². The van der Waals surface area contributed by atoms with Gasteiger partial charge in [-0.3, -0.25) is 14.5 Å². The van der Waals surface area contributed by atoms with Gasteiger partial charge in [-0.2, -0.15) is 0 Å². The SMILES string of the molecule is COCCNC(=O)C[C@@H]1OC[C@@H]2[C@H]1[C@H](CC(=O)NC1CC1)CN2Cc1nccs1. The summed E-state index contributed by atoms with van der Waals surface area (Å²) in [5.74, 6) is 0.487. The number of thiazole rings is 1. The van der Waals surface area contributed by atoms with Crippen LogP contribution in [0.3, 0.4) is 0 Å². The summed E-state index contributed by atoms with van der Waals surface area (Å²) >= 11 is 1.65. The Balaban J connectivity index is 1.40. The Hall–Kier alpha value is -1.55. The minimum atomic E-state index is -0.150. The van der Waals surface area contributed by atoms with Crippen LogP contribution in [0.15, 0.2) is 11.6 Å². The summed E-state index contributed by atoms with van der Waals surface area (Å²) in [6, 6.07) is 0.600. The highest BCUT2D eigenvalue weighted by atomic mass is 32.1. The van der Waals surface area contributed by atoms with Gasteiger partial charge in [-0.15, -0.1) is 11.3 Å². The smallest absolute Gasteiger partial charge is 0.222 e. The van der Waals surface area contributed by atoms with Crippen molar-refractivity contribution in [2.75, 3.05) is 33.4 Å². The molecule has 1 aromatic heterocycles. The second-order valence-electron chi connectivity index (χ2n) is 8.22. The van der Waals surface area contributed by atoms with Crippen molar-refractivity contribution in [2.45, 2.75) is 50.4 Å². The highest BCUT2D eigenvalue weighted by Crippen LogP contribution is 2.42. The van der Waals surface area contributed by atoms with Crippen molar-refractivity contribution in [2.24, 2.45) is 11.8 Å². The summed E-state index contributed by atoms with van der Waals surface area (Å²) in [6.07, 6.45) is 4.68. The van der Waals surface area contributed by atoms with Gasteiger partial charge in [0.25, 0.3) is 0 Å². The highest BCUT2D eigenvalue weighted by Gasteiger charge is 2.51. The van der Waals surface area contributed by atoms with Gasteiger partial charge in [-0.05, 0) is 18.8 Å². The summed E-state index contributed by atoms with van der Waals surface area (Å²) in [7, 11) is 1.61. The van der Waals surface area contributed by atoms with Crippen LogP contribution in [0.4, 0.5) is 0 Å². The Morgan fingerprint density at radius 2 is 2.21 bits per heavy atom.